The summed E-state index contributed by atoms with van der Waals surface area (Å²) in [7, 11) is 1.59. The van der Waals surface area contributed by atoms with E-state index in [4.69, 9.17) is 14.6 Å². The summed E-state index contributed by atoms with van der Waals surface area (Å²) in [5, 5.41) is 11.5. The van der Waals surface area contributed by atoms with Gasteiger partial charge in [0, 0.05) is 25.2 Å². The summed E-state index contributed by atoms with van der Waals surface area (Å²) in [4.78, 5) is 36.9. The summed E-state index contributed by atoms with van der Waals surface area (Å²) in [5.41, 5.74) is 1.58. The highest BCUT2D eigenvalue weighted by atomic mass is 16.5. The molecule has 0 aromatic heterocycles. The molecule has 1 atom stereocenters. The number of nitrogens with zero attached hydrogens (tertiary/aromatic N) is 1. The smallest absolute Gasteiger partial charge is 0.341 e. The van der Waals surface area contributed by atoms with Gasteiger partial charge in [0.2, 0.25) is 11.8 Å². The molecule has 8 heteroatoms. The third-order valence-electron chi connectivity index (χ3n) is 4.63. The van der Waals surface area contributed by atoms with E-state index in [0.717, 1.165) is 11.3 Å². The number of methoxy groups -OCH3 is 1. The van der Waals surface area contributed by atoms with E-state index in [1.807, 2.05) is 24.3 Å². The van der Waals surface area contributed by atoms with Crippen molar-refractivity contribution in [3.63, 3.8) is 0 Å². The lowest BCUT2D eigenvalue weighted by Gasteiger charge is -2.17. The minimum atomic E-state index is -1.06. The summed E-state index contributed by atoms with van der Waals surface area (Å²) in [6, 6.07) is 13.9. The number of amides is 2. The maximum absolute atomic E-state index is 12.5. The minimum Gasteiger partial charge on any atom is -0.497 e. The molecule has 29 heavy (non-hydrogen) atoms. The Kier molecular flexibility index (Phi) is 6.33. The lowest BCUT2D eigenvalue weighted by Crippen LogP contribution is -2.32. The molecular weight excluding hydrogens is 376 g/mol. The molecule has 2 amide bonds. The van der Waals surface area contributed by atoms with Crippen LogP contribution in [0.25, 0.3) is 0 Å². The van der Waals surface area contributed by atoms with Crippen molar-refractivity contribution in [3.05, 3.63) is 54.1 Å². The molecule has 1 aliphatic heterocycles. The molecule has 1 saturated heterocycles. The first-order valence-electron chi connectivity index (χ1n) is 9.12. The molecule has 2 aromatic rings. The average molecular weight is 398 g/mol. The van der Waals surface area contributed by atoms with Crippen LogP contribution in [-0.2, 0) is 20.9 Å². The van der Waals surface area contributed by atoms with E-state index in [-0.39, 0.29) is 18.2 Å². The fraction of sp³-hybridized carbons (Fsp3) is 0.286. The third kappa shape index (κ3) is 5.25. The maximum atomic E-state index is 12.5. The quantitative estimate of drug-likeness (QED) is 0.703. The van der Waals surface area contributed by atoms with Gasteiger partial charge in [-0.15, -0.1) is 0 Å². The van der Waals surface area contributed by atoms with E-state index >= 15 is 0 Å². The lowest BCUT2D eigenvalue weighted by atomic mass is 10.1. The van der Waals surface area contributed by atoms with E-state index in [1.165, 1.54) is 0 Å². The van der Waals surface area contributed by atoms with E-state index in [0.29, 0.717) is 24.5 Å². The highest BCUT2D eigenvalue weighted by Gasteiger charge is 2.35. The van der Waals surface area contributed by atoms with Gasteiger partial charge in [-0.05, 0) is 42.0 Å². The molecule has 0 aliphatic carbocycles. The van der Waals surface area contributed by atoms with Crippen molar-refractivity contribution >= 4 is 23.5 Å². The van der Waals surface area contributed by atoms with E-state index in [9.17, 15) is 14.4 Å². The van der Waals surface area contributed by atoms with Gasteiger partial charge in [-0.1, -0.05) is 12.1 Å². The number of ether oxygens (including phenoxy) is 2. The van der Waals surface area contributed by atoms with Crippen molar-refractivity contribution < 1.29 is 29.0 Å². The van der Waals surface area contributed by atoms with Crippen molar-refractivity contribution in [3.8, 4) is 11.5 Å². The van der Waals surface area contributed by atoms with Crippen molar-refractivity contribution in [2.75, 3.05) is 25.2 Å². The molecule has 2 aromatic carbocycles. The van der Waals surface area contributed by atoms with E-state index in [2.05, 4.69) is 5.32 Å². The number of benzene rings is 2. The molecule has 0 radical (unpaired) electrons. The van der Waals surface area contributed by atoms with Crippen LogP contribution in [-0.4, -0.2) is 43.2 Å². The number of carboxylic acids is 1. The second kappa shape index (κ2) is 9.09. The zero-order valence-electron chi connectivity index (χ0n) is 16.0. The SMILES string of the molecule is COc1ccc(CNC(=O)C2CC(=O)N(c3ccc(OCC(=O)O)cc3)C2)cc1. The number of aliphatic carboxylic acids is 1. The number of anilines is 1. The second-order valence-electron chi connectivity index (χ2n) is 6.65. The fourth-order valence-electron chi connectivity index (χ4n) is 3.08. The number of carboxylic acid groups (broad SMARTS) is 1. The van der Waals surface area contributed by atoms with Crippen molar-refractivity contribution in [2.45, 2.75) is 13.0 Å². The van der Waals surface area contributed by atoms with Gasteiger partial charge in [0.15, 0.2) is 6.61 Å². The van der Waals surface area contributed by atoms with Crippen molar-refractivity contribution in [2.24, 2.45) is 5.92 Å². The van der Waals surface area contributed by atoms with Crippen LogP contribution in [0.15, 0.2) is 48.5 Å². The summed E-state index contributed by atoms with van der Waals surface area (Å²) >= 11 is 0. The Hall–Kier alpha value is -3.55. The molecule has 1 heterocycles. The van der Waals surface area contributed by atoms with Crippen LogP contribution in [0.3, 0.4) is 0 Å². The molecule has 3 rings (SSSR count). The van der Waals surface area contributed by atoms with Crippen LogP contribution >= 0.6 is 0 Å². The Morgan fingerprint density at radius 2 is 1.76 bits per heavy atom. The topological polar surface area (TPSA) is 105 Å². The van der Waals surface area contributed by atoms with Crippen LogP contribution < -0.4 is 19.7 Å². The Morgan fingerprint density at radius 3 is 2.38 bits per heavy atom. The fourth-order valence-corrected chi connectivity index (χ4v) is 3.08. The van der Waals surface area contributed by atoms with Crippen LogP contribution in [0.2, 0.25) is 0 Å². The molecule has 1 fully saturated rings. The molecule has 152 valence electrons. The summed E-state index contributed by atoms with van der Waals surface area (Å²) in [6.07, 6.45) is 0.145. The molecule has 0 saturated carbocycles. The molecule has 2 N–H and O–H groups in total. The number of carbonyl (C=O) groups is 3. The van der Waals surface area contributed by atoms with Gasteiger partial charge in [-0.2, -0.15) is 0 Å². The first-order valence-corrected chi connectivity index (χ1v) is 9.12. The van der Waals surface area contributed by atoms with E-state index in [1.54, 1.807) is 36.3 Å². The normalized spacial score (nSPS) is 15.8. The molecule has 0 spiro atoms. The van der Waals surface area contributed by atoms with Crippen LogP contribution in [0.4, 0.5) is 5.69 Å². The summed E-state index contributed by atoms with van der Waals surface area (Å²) in [6.45, 7) is 0.240. The Labute approximate surface area is 168 Å². The minimum absolute atomic E-state index is 0.131. The molecule has 1 unspecified atom stereocenters. The highest BCUT2D eigenvalue weighted by molar-refractivity contribution is 6.00. The number of rotatable bonds is 8. The first kappa shape index (κ1) is 20.2. The Morgan fingerprint density at radius 1 is 1.10 bits per heavy atom. The Balaban J connectivity index is 1.54. The monoisotopic (exact) mass is 398 g/mol. The summed E-state index contributed by atoms with van der Waals surface area (Å²) < 4.78 is 10.2. The van der Waals surface area contributed by atoms with Gasteiger partial charge in [-0.25, -0.2) is 4.79 Å². The van der Waals surface area contributed by atoms with Gasteiger partial charge >= 0.3 is 5.97 Å². The van der Waals surface area contributed by atoms with Gasteiger partial charge in [0.25, 0.3) is 0 Å². The third-order valence-corrected chi connectivity index (χ3v) is 4.63. The van der Waals surface area contributed by atoms with Crippen molar-refractivity contribution in [1.29, 1.82) is 0 Å². The van der Waals surface area contributed by atoms with Gasteiger partial charge < -0.3 is 24.8 Å². The first-order chi connectivity index (χ1) is 14.0. The highest BCUT2D eigenvalue weighted by Crippen LogP contribution is 2.27. The predicted octanol–water partition coefficient (Wildman–Crippen LogP) is 1.83. The number of carbonyl (C=O) groups excluding carboxylic acids is 2. The second-order valence-corrected chi connectivity index (χ2v) is 6.65. The molecular formula is C21H22N2O6. The maximum Gasteiger partial charge on any atom is 0.341 e. The largest absolute Gasteiger partial charge is 0.497 e. The summed E-state index contributed by atoms with van der Waals surface area (Å²) in [5.74, 6) is -0.643. The predicted molar refractivity (Wildman–Crippen MR) is 105 cm³/mol. The molecule has 8 nitrogen and oxygen atoms in total. The van der Waals surface area contributed by atoms with Gasteiger partial charge in [0.1, 0.15) is 11.5 Å². The number of nitrogens with one attached hydrogen (secondary N) is 1. The average Bonchev–Trinajstić information content (AvgIpc) is 3.13. The van der Waals surface area contributed by atoms with Crippen LogP contribution in [0.5, 0.6) is 11.5 Å². The van der Waals surface area contributed by atoms with Gasteiger partial charge in [-0.3, -0.25) is 9.59 Å². The zero-order valence-corrected chi connectivity index (χ0v) is 16.0. The molecule has 0 bridgehead atoms. The lowest BCUT2D eigenvalue weighted by molar-refractivity contribution is -0.139. The number of hydrogen-bond donors (Lipinski definition) is 2. The standard InChI is InChI=1S/C21H22N2O6/c1-28-17-6-2-14(3-7-17)11-22-21(27)15-10-19(24)23(12-15)16-4-8-18(9-5-16)29-13-20(25)26/h2-9,15H,10-13H2,1H3,(H,22,27)(H,25,26). The Bertz CT molecular complexity index is 879. The van der Waals surface area contributed by atoms with E-state index < -0.39 is 18.5 Å². The van der Waals surface area contributed by atoms with Crippen LogP contribution in [0.1, 0.15) is 12.0 Å². The van der Waals surface area contributed by atoms with Gasteiger partial charge in [0.05, 0.1) is 13.0 Å². The zero-order chi connectivity index (χ0) is 20.8. The van der Waals surface area contributed by atoms with Crippen LogP contribution in [0, 0.1) is 5.92 Å². The molecule has 1 aliphatic rings. The number of hydrogen-bond acceptors (Lipinski definition) is 5. The van der Waals surface area contributed by atoms with Crippen molar-refractivity contribution in [1.82, 2.24) is 5.32 Å².